The van der Waals surface area contributed by atoms with Crippen molar-refractivity contribution in [1.82, 2.24) is 4.90 Å². The molecule has 0 atom stereocenters. The lowest BCUT2D eigenvalue weighted by Crippen LogP contribution is -2.45. The van der Waals surface area contributed by atoms with E-state index in [1.165, 1.54) is 0 Å². The lowest BCUT2D eigenvalue weighted by atomic mass is 9.81. The lowest BCUT2D eigenvalue weighted by Gasteiger charge is -2.35. The predicted molar refractivity (Wildman–Crippen MR) is 141 cm³/mol. The summed E-state index contributed by atoms with van der Waals surface area (Å²) in [6.45, 7) is 8.91. The normalized spacial score (nSPS) is 11.3. The fourth-order valence-corrected chi connectivity index (χ4v) is 4.46. The van der Waals surface area contributed by atoms with Crippen LogP contribution in [-0.2, 0) is 20.9 Å². The fourth-order valence-electron chi connectivity index (χ4n) is 4.46. The van der Waals surface area contributed by atoms with Crippen molar-refractivity contribution < 1.29 is 18.7 Å². The second kappa shape index (κ2) is 12.4. The number of hydrogen-bond donors (Lipinski definition) is 0. The van der Waals surface area contributed by atoms with Gasteiger partial charge in [0.15, 0.2) is 0 Å². The van der Waals surface area contributed by atoms with Crippen molar-refractivity contribution in [3.05, 3.63) is 59.7 Å². The number of nitrogens with zero attached hydrogens (tertiary/aromatic N) is 2. The SMILES string of the molecule is CCCCC(=O)N(Cc1ccc2oc(-c3ccc(C#N)cc3)cc2c1)CC(CC)(CC)C(=O)OCC. The van der Waals surface area contributed by atoms with E-state index in [4.69, 9.17) is 14.4 Å². The number of hydrogen-bond acceptors (Lipinski definition) is 5. The number of amides is 1. The average Bonchev–Trinajstić information content (AvgIpc) is 3.33. The third-order valence-electron chi connectivity index (χ3n) is 6.91. The summed E-state index contributed by atoms with van der Waals surface area (Å²) in [5, 5.41) is 9.98. The van der Waals surface area contributed by atoms with Gasteiger partial charge in [0.25, 0.3) is 0 Å². The van der Waals surface area contributed by atoms with E-state index < -0.39 is 5.41 Å². The fraction of sp³-hybridized carbons (Fsp3) is 0.433. The Bertz CT molecular complexity index is 1220. The van der Waals surface area contributed by atoms with Crippen molar-refractivity contribution in [2.24, 2.45) is 5.41 Å². The van der Waals surface area contributed by atoms with E-state index in [0.29, 0.717) is 44.5 Å². The Morgan fingerprint density at radius 2 is 1.75 bits per heavy atom. The third-order valence-corrected chi connectivity index (χ3v) is 6.91. The van der Waals surface area contributed by atoms with Crippen LogP contribution in [0.5, 0.6) is 0 Å². The molecule has 1 heterocycles. The maximum absolute atomic E-state index is 13.2. The molecule has 0 bridgehead atoms. The Balaban J connectivity index is 1.89. The molecule has 0 unspecified atom stereocenters. The molecule has 36 heavy (non-hydrogen) atoms. The van der Waals surface area contributed by atoms with E-state index in [2.05, 4.69) is 13.0 Å². The monoisotopic (exact) mass is 488 g/mol. The standard InChI is InChI=1S/C30H36N2O4/c1-5-9-10-28(33)32(21-30(6-2,7-3)29(34)35-8-4)20-23-13-16-26-25(17-23)18-27(36-26)24-14-11-22(19-31)12-15-24/h11-18H,5-10,20-21H2,1-4H3. The van der Waals surface area contributed by atoms with Crippen LogP contribution < -0.4 is 0 Å². The topological polar surface area (TPSA) is 83.5 Å². The molecule has 2 aromatic carbocycles. The van der Waals surface area contributed by atoms with Gasteiger partial charge < -0.3 is 14.1 Å². The number of nitriles is 1. The summed E-state index contributed by atoms with van der Waals surface area (Å²) in [7, 11) is 0. The molecular formula is C30H36N2O4. The molecule has 6 heteroatoms. The maximum Gasteiger partial charge on any atom is 0.313 e. The summed E-state index contributed by atoms with van der Waals surface area (Å²) < 4.78 is 11.4. The molecule has 0 aliphatic heterocycles. The molecule has 0 saturated heterocycles. The van der Waals surface area contributed by atoms with Gasteiger partial charge in [0.05, 0.1) is 23.7 Å². The van der Waals surface area contributed by atoms with E-state index in [1.54, 1.807) is 12.1 Å². The van der Waals surface area contributed by atoms with Crippen LogP contribution in [-0.4, -0.2) is 29.9 Å². The molecule has 0 N–H and O–H groups in total. The number of rotatable bonds is 12. The van der Waals surface area contributed by atoms with Gasteiger partial charge in [-0.15, -0.1) is 0 Å². The van der Waals surface area contributed by atoms with Gasteiger partial charge in [-0.25, -0.2) is 0 Å². The minimum atomic E-state index is -0.722. The second-order valence-corrected chi connectivity index (χ2v) is 9.23. The number of furan rings is 1. The number of benzene rings is 2. The minimum absolute atomic E-state index is 0.0537. The Kier molecular flexibility index (Phi) is 9.30. The van der Waals surface area contributed by atoms with E-state index in [0.717, 1.165) is 40.7 Å². The molecule has 0 saturated carbocycles. The molecule has 3 aromatic rings. The zero-order valence-corrected chi connectivity index (χ0v) is 21.8. The van der Waals surface area contributed by atoms with Crippen molar-refractivity contribution in [1.29, 1.82) is 5.26 Å². The highest BCUT2D eigenvalue weighted by Crippen LogP contribution is 2.32. The van der Waals surface area contributed by atoms with Gasteiger partial charge >= 0.3 is 5.97 Å². The quantitative estimate of drug-likeness (QED) is 0.260. The maximum atomic E-state index is 13.2. The van der Waals surface area contributed by atoms with Crippen molar-refractivity contribution in [2.75, 3.05) is 13.2 Å². The first-order valence-electron chi connectivity index (χ1n) is 12.9. The molecule has 0 aliphatic rings. The Labute approximate surface area is 213 Å². The molecule has 1 aromatic heterocycles. The van der Waals surface area contributed by atoms with Gasteiger partial charge in [-0.2, -0.15) is 5.26 Å². The first-order chi connectivity index (χ1) is 17.4. The van der Waals surface area contributed by atoms with E-state index >= 15 is 0 Å². The lowest BCUT2D eigenvalue weighted by molar-refractivity contribution is -0.158. The van der Waals surface area contributed by atoms with Crippen LogP contribution in [0.3, 0.4) is 0 Å². The average molecular weight is 489 g/mol. The molecule has 6 nitrogen and oxygen atoms in total. The van der Waals surface area contributed by atoms with Crippen LogP contribution in [0.25, 0.3) is 22.3 Å². The van der Waals surface area contributed by atoms with Crippen molar-refractivity contribution in [3.8, 4) is 17.4 Å². The molecule has 0 aliphatic carbocycles. The molecule has 3 rings (SSSR count). The Morgan fingerprint density at radius 3 is 2.36 bits per heavy atom. The summed E-state index contributed by atoms with van der Waals surface area (Å²) in [5.41, 5.74) is 2.51. The van der Waals surface area contributed by atoms with E-state index in [-0.39, 0.29) is 11.9 Å². The van der Waals surface area contributed by atoms with E-state index in [1.807, 2.05) is 62.1 Å². The van der Waals surface area contributed by atoms with Crippen LogP contribution in [0.15, 0.2) is 52.9 Å². The molecule has 0 radical (unpaired) electrons. The molecule has 190 valence electrons. The largest absolute Gasteiger partial charge is 0.466 e. The number of ether oxygens (including phenoxy) is 1. The molecular weight excluding hydrogens is 452 g/mol. The summed E-state index contributed by atoms with van der Waals surface area (Å²) in [6, 6.07) is 17.3. The van der Waals surface area contributed by atoms with Gasteiger partial charge in [0, 0.05) is 30.5 Å². The van der Waals surface area contributed by atoms with Crippen molar-refractivity contribution in [3.63, 3.8) is 0 Å². The number of carbonyl (C=O) groups is 2. The Hall–Kier alpha value is -3.59. The van der Waals surface area contributed by atoms with Gasteiger partial charge in [-0.3, -0.25) is 9.59 Å². The molecule has 1 amide bonds. The highest BCUT2D eigenvalue weighted by Gasteiger charge is 2.39. The zero-order valence-electron chi connectivity index (χ0n) is 21.8. The molecule has 0 fully saturated rings. The van der Waals surface area contributed by atoms with Crippen LogP contribution in [0.4, 0.5) is 0 Å². The third kappa shape index (κ3) is 6.15. The van der Waals surface area contributed by atoms with Crippen molar-refractivity contribution in [2.45, 2.75) is 66.3 Å². The van der Waals surface area contributed by atoms with Gasteiger partial charge in [-0.05, 0) is 74.2 Å². The van der Waals surface area contributed by atoms with Crippen LogP contribution in [0.2, 0.25) is 0 Å². The zero-order chi connectivity index (χ0) is 26.1. The summed E-state index contributed by atoms with van der Waals surface area (Å²) >= 11 is 0. The number of fused-ring (bicyclic) bond motifs is 1. The highest BCUT2D eigenvalue weighted by molar-refractivity contribution is 5.84. The number of esters is 1. The number of unbranched alkanes of at least 4 members (excludes halogenated alkanes) is 1. The van der Waals surface area contributed by atoms with E-state index in [9.17, 15) is 9.59 Å². The summed E-state index contributed by atoms with van der Waals surface area (Å²) in [6.07, 6.45) is 3.42. The molecule has 0 spiro atoms. The number of carbonyl (C=O) groups excluding carboxylic acids is 2. The Morgan fingerprint density at radius 1 is 1.03 bits per heavy atom. The highest BCUT2D eigenvalue weighted by atomic mass is 16.5. The minimum Gasteiger partial charge on any atom is -0.466 e. The van der Waals surface area contributed by atoms with Gasteiger partial charge in [-0.1, -0.05) is 33.3 Å². The summed E-state index contributed by atoms with van der Waals surface area (Å²) in [4.78, 5) is 28.0. The van der Waals surface area contributed by atoms with Crippen LogP contribution in [0, 0.1) is 16.7 Å². The van der Waals surface area contributed by atoms with Crippen LogP contribution in [0.1, 0.15) is 70.9 Å². The smallest absolute Gasteiger partial charge is 0.313 e. The first kappa shape index (κ1) is 27.0. The van der Waals surface area contributed by atoms with Crippen molar-refractivity contribution >= 4 is 22.8 Å². The van der Waals surface area contributed by atoms with Gasteiger partial charge in [0.1, 0.15) is 11.3 Å². The predicted octanol–water partition coefficient (Wildman–Crippen LogP) is 6.86. The first-order valence-corrected chi connectivity index (χ1v) is 12.9. The van der Waals surface area contributed by atoms with Crippen LogP contribution >= 0.6 is 0 Å². The van der Waals surface area contributed by atoms with Gasteiger partial charge in [0.2, 0.25) is 5.91 Å². The second-order valence-electron chi connectivity index (χ2n) is 9.23. The summed E-state index contributed by atoms with van der Waals surface area (Å²) in [5.74, 6) is 0.541.